The number of fused-ring (bicyclic) bond motifs is 1. The molecule has 1 N–H and O–H groups in total. The first-order chi connectivity index (χ1) is 10.4. The Bertz CT molecular complexity index is 688. The first-order valence-corrected chi connectivity index (χ1v) is 10.4. The Morgan fingerprint density at radius 2 is 2.23 bits per heavy atom. The van der Waals surface area contributed by atoms with E-state index in [0.717, 1.165) is 11.3 Å². The molecule has 1 aromatic heterocycles. The number of methoxy groups -OCH3 is 1. The standard InChI is InChI=1S/C12H20N2O5S3/c1-3-13-10-8-14(5-4-6-19-2)22(17,18)12-9(10)7-11(20-12)21(15)16/h7,10,13,21H,3-6,8H2,1-2H3/t10-/m0/s1. The first-order valence-electron chi connectivity index (χ1n) is 6.92. The lowest BCUT2D eigenvalue weighted by molar-refractivity contribution is 0.185. The highest BCUT2D eigenvalue weighted by Crippen LogP contribution is 2.39. The van der Waals surface area contributed by atoms with Gasteiger partial charge >= 0.3 is 0 Å². The van der Waals surface area contributed by atoms with Crippen LogP contribution in [0.25, 0.3) is 0 Å². The Morgan fingerprint density at radius 1 is 1.50 bits per heavy atom. The van der Waals surface area contributed by atoms with Crippen molar-refractivity contribution in [3.05, 3.63) is 11.6 Å². The number of ether oxygens (including phenoxy) is 1. The molecule has 126 valence electrons. The molecule has 1 aliphatic heterocycles. The van der Waals surface area contributed by atoms with Gasteiger partial charge in [-0.05, 0) is 19.0 Å². The minimum absolute atomic E-state index is 0.0882. The van der Waals surface area contributed by atoms with Gasteiger partial charge in [0.2, 0.25) is 0 Å². The van der Waals surface area contributed by atoms with E-state index in [-0.39, 0.29) is 14.5 Å². The molecule has 0 fully saturated rings. The average molecular weight is 369 g/mol. The number of hydrogen-bond acceptors (Lipinski definition) is 7. The molecule has 0 saturated carbocycles. The molecular formula is C12H20N2O5S3. The highest BCUT2D eigenvalue weighted by atomic mass is 32.3. The van der Waals surface area contributed by atoms with Gasteiger partial charge in [-0.3, -0.25) is 0 Å². The first kappa shape index (κ1) is 17.8. The minimum Gasteiger partial charge on any atom is -0.385 e. The van der Waals surface area contributed by atoms with Crippen LogP contribution in [0.1, 0.15) is 24.9 Å². The lowest BCUT2D eigenvalue weighted by Gasteiger charge is -2.32. The quantitative estimate of drug-likeness (QED) is 0.535. The second-order valence-corrected chi connectivity index (χ2v) is 9.39. The van der Waals surface area contributed by atoms with Crippen molar-refractivity contribution in [3.63, 3.8) is 0 Å². The van der Waals surface area contributed by atoms with Crippen molar-refractivity contribution in [1.29, 1.82) is 0 Å². The second-order valence-electron chi connectivity index (χ2n) is 4.90. The predicted octanol–water partition coefficient (Wildman–Crippen LogP) is 0.410. The Kier molecular flexibility index (Phi) is 5.97. The number of nitrogens with one attached hydrogen (secondary N) is 1. The summed E-state index contributed by atoms with van der Waals surface area (Å²) in [6, 6.07) is 1.29. The zero-order valence-electron chi connectivity index (χ0n) is 12.4. The molecule has 7 nitrogen and oxygen atoms in total. The number of sulfonamides is 1. The van der Waals surface area contributed by atoms with Gasteiger partial charge in [0.1, 0.15) is 8.42 Å². The fraction of sp³-hybridized carbons (Fsp3) is 0.667. The maximum absolute atomic E-state index is 12.7. The van der Waals surface area contributed by atoms with Gasteiger partial charge in [-0.15, -0.1) is 11.3 Å². The lowest BCUT2D eigenvalue weighted by atomic mass is 10.1. The van der Waals surface area contributed by atoms with E-state index in [1.165, 1.54) is 10.4 Å². The molecule has 1 aromatic rings. The van der Waals surface area contributed by atoms with Crippen molar-refractivity contribution in [2.24, 2.45) is 0 Å². The summed E-state index contributed by atoms with van der Waals surface area (Å²) < 4.78 is 54.3. The van der Waals surface area contributed by atoms with Crippen LogP contribution in [0.5, 0.6) is 0 Å². The van der Waals surface area contributed by atoms with Crippen LogP contribution in [0.3, 0.4) is 0 Å². The molecule has 10 heteroatoms. The third-order valence-corrected chi connectivity index (χ3v) is 7.99. The van der Waals surface area contributed by atoms with E-state index in [9.17, 15) is 16.8 Å². The molecule has 0 amide bonds. The normalized spacial score (nSPS) is 21.1. The van der Waals surface area contributed by atoms with Crippen LogP contribution in [0.15, 0.2) is 14.5 Å². The maximum atomic E-state index is 12.7. The molecule has 2 heterocycles. The fourth-order valence-corrected chi connectivity index (χ4v) is 6.60. The van der Waals surface area contributed by atoms with Crippen molar-refractivity contribution in [2.75, 3.05) is 33.4 Å². The Hall–Kier alpha value is -0.520. The smallest absolute Gasteiger partial charge is 0.252 e. The molecule has 0 spiro atoms. The van der Waals surface area contributed by atoms with Gasteiger partial charge in [0, 0.05) is 38.4 Å². The van der Waals surface area contributed by atoms with Crippen molar-refractivity contribution >= 4 is 32.1 Å². The maximum Gasteiger partial charge on any atom is 0.252 e. The van der Waals surface area contributed by atoms with E-state index in [2.05, 4.69) is 5.32 Å². The molecule has 1 atom stereocenters. The summed E-state index contributed by atoms with van der Waals surface area (Å²) in [5.41, 5.74) is 0.559. The molecule has 0 aromatic carbocycles. The van der Waals surface area contributed by atoms with Crippen LogP contribution in [-0.4, -0.2) is 54.5 Å². The average Bonchev–Trinajstić information content (AvgIpc) is 2.91. The summed E-state index contributed by atoms with van der Waals surface area (Å²) in [5.74, 6) is 0. The molecule has 2 rings (SSSR count). The predicted molar refractivity (Wildman–Crippen MR) is 84.6 cm³/mol. The van der Waals surface area contributed by atoms with Crippen molar-refractivity contribution < 1.29 is 21.6 Å². The van der Waals surface area contributed by atoms with E-state index in [1.54, 1.807) is 7.11 Å². The largest absolute Gasteiger partial charge is 0.385 e. The fourth-order valence-electron chi connectivity index (χ4n) is 2.44. The lowest BCUT2D eigenvalue weighted by Crippen LogP contribution is -2.43. The molecule has 0 bridgehead atoms. The zero-order chi connectivity index (χ0) is 16.3. The van der Waals surface area contributed by atoms with Gasteiger partial charge in [-0.2, -0.15) is 4.31 Å². The van der Waals surface area contributed by atoms with Crippen LogP contribution < -0.4 is 5.32 Å². The number of hydrogen-bond donors (Lipinski definition) is 2. The van der Waals surface area contributed by atoms with Crippen LogP contribution >= 0.6 is 11.3 Å². The van der Waals surface area contributed by atoms with Gasteiger partial charge < -0.3 is 10.1 Å². The second kappa shape index (κ2) is 7.37. The van der Waals surface area contributed by atoms with Gasteiger partial charge in [0.25, 0.3) is 10.0 Å². The van der Waals surface area contributed by atoms with Crippen LogP contribution in [0.4, 0.5) is 0 Å². The monoisotopic (exact) mass is 368 g/mol. The highest BCUT2D eigenvalue weighted by Gasteiger charge is 2.38. The number of rotatable bonds is 7. The molecule has 0 radical (unpaired) electrons. The number of nitrogens with zero attached hydrogens (tertiary/aromatic N) is 1. The Labute approximate surface area is 136 Å². The third kappa shape index (κ3) is 3.52. The number of thiol groups is 1. The number of thiophene rings is 1. The minimum atomic E-state index is -3.64. The van der Waals surface area contributed by atoms with Gasteiger partial charge in [0.05, 0.1) is 0 Å². The summed E-state index contributed by atoms with van der Waals surface area (Å²) in [6.45, 7) is 3.74. The molecular weight excluding hydrogens is 348 g/mol. The van der Waals surface area contributed by atoms with Crippen LogP contribution in [-0.2, 0) is 25.5 Å². The molecule has 0 saturated heterocycles. The molecule has 22 heavy (non-hydrogen) atoms. The summed E-state index contributed by atoms with van der Waals surface area (Å²) in [6.07, 6.45) is 0.595. The van der Waals surface area contributed by atoms with Crippen LogP contribution in [0.2, 0.25) is 0 Å². The zero-order valence-corrected chi connectivity index (χ0v) is 15.0. The summed E-state index contributed by atoms with van der Waals surface area (Å²) in [4.78, 5) is 0. The topological polar surface area (TPSA) is 92.8 Å². The SMILES string of the molecule is CCN[C@H]1CN(CCCOC)S(=O)(=O)c2sc([SH](=O)=O)cc21. The molecule has 0 unspecified atom stereocenters. The highest BCUT2D eigenvalue weighted by molar-refractivity contribution is 7.91. The van der Waals surface area contributed by atoms with Gasteiger partial charge in [-0.1, -0.05) is 6.92 Å². The van der Waals surface area contributed by atoms with Gasteiger partial charge in [0.15, 0.2) is 10.7 Å². The van der Waals surface area contributed by atoms with E-state index < -0.39 is 20.7 Å². The summed E-state index contributed by atoms with van der Waals surface area (Å²) in [5, 5.41) is 3.22. The van der Waals surface area contributed by atoms with E-state index in [1.807, 2.05) is 6.92 Å². The van der Waals surface area contributed by atoms with E-state index in [4.69, 9.17) is 4.74 Å². The van der Waals surface area contributed by atoms with Gasteiger partial charge in [-0.25, -0.2) is 16.8 Å². The number of likely N-dealkylation sites (N-methyl/N-ethyl adjacent to an activating group) is 1. The summed E-state index contributed by atoms with van der Waals surface area (Å²) >= 11 is 0.826. The van der Waals surface area contributed by atoms with E-state index in [0.29, 0.717) is 38.2 Å². The van der Waals surface area contributed by atoms with Crippen LogP contribution in [0, 0.1) is 0 Å². The third-order valence-electron chi connectivity index (χ3n) is 3.43. The Balaban J connectivity index is 2.40. The summed E-state index contributed by atoms with van der Waals surface area (Å²) in [7, 11) is -4.85. The van der Waals surface area contributed by atoms with Crippen molar-refractivity contribution in [3.8, 4) is 0 Å². The van der Waals surface area contributed by atoms with E-state index >= 15 is 0 Å². The van der Waals surface area contributed by atoms with Crippen molar-refractivity contribution in [1.82, 2.24) is 9.62 Å². The van der Waals surface area contributed by atoms with Crippen molar-refractivity contribution in [2.45, 2.75) is 27.8 Å². The Morgan fingerprint density at radius 3 is 2.82 bits per heavy atom. The molecule has 0 aliphatic carbocycles. The molecule has 1 aliphatic rings.